The fraction of sp³-hybridized carbons (Fsp3) is 0.480. The van der Waals surface area contributed by atoms with Gasteiger partial charge < -0.3 is 4.90 Å². The summed E-state index contributed by atoms with van der Waals surface area (Å²) in [5, 5.41) is 4.36. The van der Waals surface area contributed by atoms with Crippen molar-refractivity contribution in [2.45, 2.75) is 32.9 Å². The van der Waals surface area contributed by atoms with Crippen LogP contribution in [-0.2, 0) is 30.2 Å². The van der Waals surface area contributed by atoms with Crippen molar-refractivity contribution in [3.63, 3.8) is 0 Å². The zero-order valence-corrected chi connectivity index (χ0v) is 21.3. The summed E-state index contributed by atoms with van der Waals surface area (Å²) in [6, 6.07) is 8.07. The third kappa shape index (κ3) is 5.24. The van der Waals surface area contributed by atoms with Crippen molar-refractivity contribution in [2.24, 2.45) is 7.05 Å². The van der Waals surface area contributed by atoms with Crippen molar-refractivity contribution < 1.29 is 8.42 Å². The molecule has 4 heterocycles. The second-order valence-electron chi connectivity index (χ2n) is 9.42. The minimum absolute atomic E-state index is 0.253. The summed E-state index contributed by atoms with van der Waals surface area (Å²) in [6.45, 7) is 7.72. The van der Waals surface area contributed by atoms with Crippen molar-refractivity contribution in [1.82, 2.24) is 29.0 Å². The van der Waals surface area contributed by atoms with Crippen molar-refractivity contribution >= 4 is 15.8 Å². The first-order chi connectivity index (χ1) is 16.9. The highest BCUT2D eigenvalue weighted by Crippen LogP contribution is 2.28. The van der Waals surface area contributed by atoms with Crippen LogP contribution in [0.25, 0.3) is 11.3 Å². The maximum atomic E-state index is 12.3. The van der Waals surface area contributed by atoms with Gasteiger partial charge in [0.2, 0.25) is 10.0 Å². The fourth-order valence-electron chi connectivity index (χ4n) is 4.81. The van der Waals surface area contributed by atoms with Gasteiger partial charge >= 0.3 is 0 Å². The molecule has 0 saturated carbocycles. The molecule has 0 N–H and O–H groups in total. The molecule has 1 aromatic carbocycles. The number of aryl methyl sites for hydroxylation is 1. The van der Waals surface area contributed by atoms with Crippen LogP contribution in [0.4, 0.5) is 5.82 Å². The average molecular weight is 496 g/mol. The number of nitrogens with zero attached hydrogens (tertiary/aromatic N) is 7. The lowest BCUT2D eigenvalue weighted by Crippen LogP contribution is -2.46. The predicted octanol–water partition coefficient (Wildman–Crippen LogP) is 2.43. The summed E-state index contributed by atoms with van der Waals surface area (Å²) >= 11 is 0. The van der Waals surface area contributed by atoms with E-state index < -0.39 is 10.0 Å². The van der Waals surface area contributed by atoms with Crippen LogP contribution < -0.4 is 4.90 Å². The number of sulfonamides is 1. The van der Waals surface area contributed by atoms with Gasteiger partial charge in [0.1, 0.15) is 5.69 Å². The molecule has 9 nitrogen and oxygen atoms in total. The normalized spacial score (nSPS) is 19.2. The van der Waals surface area contributed by atoms with Gasteiger partial charge in [0, 0.05) is 82.1 Å². The van der Waals surface area contributed by atoms with Crippen LogP contribution in [-0.4, -0.2) is 75.8 Å². The topological polar surface area (TPSA) is 87.5 Å². The number of hydrogen-bond acceptors (Lipinski definition) is 7. The van der Waals surface area contributed by atoms with Crippen LogP contribution in [0.3, 0.4) is 0 Å². The number of aromatic nitrogens is 4. The molecule has 3 aromatic rings. The summed E-state index contributed by atoms with van der Waals surface area (Å²) in [4.78, 5) is 14.1. The second kappa shape index (κ2) is 10.0. The summed E-state index contributed by atoms with van der Waals surface area (Å²) in [6.07, 6.45) is 7.13. The van der Waals surface area contributed by atoms with E-state index in [4.69, 9.17) is 0 Å². The molecule has 35 heavy (non-hydrogen) atoms. The Labute approximate surface area is 207 Å². The van der Waals surface area contributed by atoms with Crippen LogP contribution in [0, 0.1) is 6.92 Å². The molecular formula is C25H33N7O2S. The van der Waals surface area contributed by atoms with E-state index in [0.717, 1.165) is 68.2 Å². The Bertz CT molecular complexity index is 1270. The number of rotatable bonds is 6. The SMILES string of the molecule is Cc1c(CN2CCN(c3nccnc3-c3ccc(CN4CCCCS4(=O)=O)cc3)CC2)cnn1C. The van der Waals surface area contributed by atoms with E-state index in [2.05, 4.69) is 31.8 Å². The minimum atomic E-state index is -3.14. The first-order valence-electron chi connectivity index (χ1n) is 12.2. The molecule has 2 aromatic heterocycles. The van der Waals surface area contributed by atoms with E-state index in [9.17, 15) is 8.42 Å². The molecule has 5 rings (SSSR count). The monoisotopic (exact) mass is 495 g/mol. The summed E-state index contributed by atoms with van der Waals surface area (Å²) in [7, 11) is -1.15. The van der Waals surface area contributed by atoms with Gasteiger partial charge in [-0.25, -0.2) is 13.4 Å². The van der Waals surface area contributed by atoms with Gasteiger partial charge in [0.05, 0.1) is 11.9 Å². The zero-order valence-electron chi connectivity index (χ0n) is 20.5. The molecule has 10 heteroatoms. The van der Waals surface area contributed by atoms with Gasteiger partial charge in [-0.05, 0) is 25.3 Å². The molecule has 186 valence electrons. The molecule has 0 bridgehead atoms. The Morgan fingerprint density at radius 2 is 1.66 bits per heavy atom. The lowest BCUT2D eigenvalue weighted by molar-refractivity contribution is 0.249. The Kier molecular flexibility index (Phi) is 6.86. The number of hydrogen-bond donors (Lipinski definition) is 0. The van der Waals surface area contributed by atoms with Crippen LogP contribution >= 0.6 is 0 Å². The predicted molar refractivity (Wildman–Crippen MR) is 136 cm³/mol. The summed E-state index contributed by atoms with van der Waals surface area (Å²) in [5.41, 5.74) is 5.33. The minimum Gasteiger partial charge on any atom is -0.352 e. The van der Waals surface area contributed by atoms with E-state index in [0.29, 0.717) is 13.1 Å². The van der Waals surface area contributed by atoms with Crippen LogP contribution in [0.2, 0.25) is 0 Å². The third-order valence-electron chi connectivity index (χ3n) is 7.12. The molecule has 2 aliphatic heterocycles. The lowest BCUT2D eigenvalue weighted by atomic mass is 10.1. The highest BCUT2D eigenvalue weighted by atomic mass is 32.2. The molecule has 0 spiro atoms. The van der Waals surface area contributed by atoms with Crippen molar-refractivity contribution in [3.8, 4) is 11.3 Å². The van der Waals surface area contributed by atoms with Gasteiger partial charge in [0.25, 0.3) is 0 Å². The molecule has 2 aliphatic rings. The zero-order chi connectivity index (χ0) is 24.4. The smallest absolute Gasteiger partial charge is 0.214 e. The molecule has 0 unspecified atom stereocenters. The highest BCUT2D eigenvalue weighted by molar-refractivity contribution is 7.89. The van der Waals surface area contributed by atoms with E-state index in [1.165, 1.54) is 11.3 Å². The standard InChI is InChI=1S/C25H33N7O2S/c1-20-23(17-28-29(20)2)19-30-12-14-31(15-13-30)25-24(26-9-10-27-25)22-7-5-21(6-8-22)18-32-11-3-4-16-35(32,33)34/h5-10,17H,3-4,11-16,18-19H2,1-2H3. The van der Waals surface area contributed by atoms with Gasteiger partial charge in [-0.1, -0.05) is 24.3 Å². The second-order valence-corrected chi connectivity index (χ2v) is 11.5. The van der Waals surface area contributed by atoms with Crippen LogP contribution in [0.1, 0.15) is 29.7 Å². The van der Waals surface area contributed by atoms with Gasteiger partial charge in [-0.2, -0.15) is 9.40 Å². The van der Waals surface area contributed by atoms with E-state index in [1.807, 2.05) is 42.2 Å². The Balaban J connectivity index is 1.26. The molecule has 0 radical (unpaired) electrons. The number of benzene rings is 1. The third-order valence-corrected chi connectivity index (χ3v) is 9.02. The lowest BCUT2D eigenvalue weighted by Gasteiger charge is -2.35. The largest absolute Gasteiger partial charge is 0.352 e. The van der Waals surface area contributed by atoms with Gasteiger partial charge in [-0.15, -0.1) is 0 Å². The first kappa shape index (κ1) is 23.9. The average Bonchev–Trinajstić information content (AvgIpc) is 3.18. The Morgan fingerprint density at radius 1 is 0.914 bits per heavy atom. The molecule has 0 atom stereocenters. The fourth-order valence-corrected chi connectivity index (χ4v) is 6.39. The van der Waals surface area contributed by atoms with E-state index in [1.54, 1.807) is 16.7 Å². The van der Waals surface area contributed by atoms with E-state index >= 15 is 0 Å². The molecule has 0 amide bonds. The maximum Gasteiger partial charge on any atom is 0.214 e. The van der Waals surface area contributed by atoms with Gasteiger partial charge in [0.15, 0.2) is 5.82 Å². The first-order valence-corrected chi connectivity index (χ1v) is 13.8. The Morgan fingerprint density at radius 3 is 2.34 bits per heavy atom. The molecule has 2 saturated heterocycles. The quantitative estimate of drug-likeness (QED) is 0.519. The maximum absolute atomic E-state index is 12.3. The highest BCUT2D eigenvalue weighted by Gasteiger charge is 2.26. The number of piperazine rings is 1. The van der Waals surface area contributed by atoms with Crippen LogP contribution in [0.15, 0.2) is 42.9 Å². The van der Waals surface area contributed by atoms with Crippen LogP contribution in [0.5, 0.6) is 0 Å². The molecule has 0 aliphatic carbocycles. The van der Waals surface area contributed by atoms with Crippen molar-refractivity contribution in [1.29, 1.82) is 0 Å². The van der Waals surface area contributed by atoms with Crippen molar-refractivity contribution in [3.05, 3.63) is 59.7 Å². The molecular weight excluding hydrogens is 462 g/mol. The summed E-state index contributed by atoms with van der Waals surface area (Å²) in [5.74, 6) is 1.15. The Hall–Kier alpha value is -2.82. The summed E-state index contributed by atoms with van der Waals surface area (Å²) < 4.78 is 28.2. The van der Waals surface area contributed by atoms with Gasteiger partial charge in [-0.3, -0.25) is 14.6 Å². The van der Waals surface area contributed by atoms with Crippen molar-refractivity contribution in [2.75, 3.05) is 43.4 Å². The van der Waals surface area contributed by atoms with E-state index in [-0.39, 0.29) is 5.75 Å². The number of anilines is 1. The molecule has 2 fully saturated rings.